The third-order valence-corrected chi connectivity index (χ3v) is 13.4. The van der Waals surface area contributed by atoms with Crippen molar-refractivity contribution in [1.82, 2.24) is 0 Å². The molecule has 3 heteroatoms. The van der Waals surface area contributed by atoms with Crippen molar-refractivity contribution < 1.29 is 14.2 Å². The quantitative estimate of drug-likeness (QED) is 0.337. The Kier molecular flexibility index (Phi) is 7.94. The first-order valence-electron chi connectivity index (χ1n) is 17.9. The SMILES string of the molecule is CCOC12CC3CC(CC(C3)C1)C2.CCOC12CC3CC(CC(C3)C1)C2.CCOC1C2CC3CC(C2)CC1C3. The van der Waals surface area contributed by atoms with Gasteiger partial charge in [-0.05, 0) is 189 Å². The van der Waals surface area contributed by atoms with Gasteiger partial charge in [0.05, 0.1) is 17.3 Å². The second-order valence-corrected chi connectivity index (χ2v) is 16.4. The highest BCUT2D eigenvalue weighted by Gasteiger charge is 2.53. The van der Waals surface area contributed by atoms with Crippen LogP contribution in [-0.4, -0.2) is 37.1 Å². The smallest absolute Gasteiger partial charge is 0.0690 e. The maximum atomic E-state index is 6.04. The molecule has 12 aliphatic carbocycles. The molecule has 12 fully saturated rings. The zero-order valence-electron chi connectivity index (χ0n) is 25.7. The monoisotopic (exact) mass is 540 g/mol. The molecule has 3 nitrogen and oxygen atoms in total. The summed E-state index contributed by atoms with van der Waals surface area (Å²) in [6.07, 6.45) is 25.5. The van der Waals surface area contributed by atoms with E-state index in [0.717, 1.165) is 79.0 Å². The van der Waals surface area contributed by atoms with Crippen LogP contribution < -0.4 is 0 Å². The van der Waals surface area contributed by atoms with Crippen LogP contribution in [0.3, 0.4) is 0 Å². The first-order valence-corrected chi connectivity index (χ1v) is 17.9. The fraction of sp³-hybridized carbons (Fsp3) is 1.00. The predicted molar refractivity (Wildman–Crippen MR) is 158 cm³/mol. The van der Waals surface area contributed by atoms with E-state index in [4.69, 9.17) is 14.2 Å². The first-order chi connectivity index (χ1) is 19.0. The molecule has 222 valence electrons. The normalized spacial score (nSPS) is 52.8. The van der Waals surface area contributed by atoms with Gasteiger partial charge in [-0.2, -0.15) is 0 Å². The van der Waals surface area contributed by atoms with Crippen LogP contribution in [0.5, 0.6) is 0 Å². The lowest BCUT2D eigenvalue weighted by molar-refractivity contribution is -0.159. The lowest BCUT2D eigenvalue weighted by Gasteiger charge is -2.56. The maximum absolute atomic E-state index is 6.04. The first kappa shape index (κ1) is 27.7. The Balaban J connectivity index is 0.0000000974. The molecule has 39 heavy (non-hydrogen) atoms. The van der Waals surface area contributed by atoms with Crippen LogP contribution in [0.4, 0.5) is 0 Å². The molecule has 0 radical (unpaired) electrons. The standard InChI is InChI=1S/3C12H20O/c2*1-2-13-12-6-9-3-10(7-12)5-11(4-9)8-12;1-2-13-12-10-4-8-3-9(6-10)7-11(12)5-8/h2*9-11H,2-8H2,1H3;8-12H,2-7H2,1H3. The van der Waals surface area contributed by atoms with Gasteiger partial charge in [-0.15, -0.1) is 0 Å². The van der Waals surface area contributed by atoms with Gasteiger partial charge in [0.25, 0.3) is 0 Å². The average molecular weight is 541 g/mol. The molecule has 0 unspecified atom stereocenters. The number of hydrogen-bond acceptors (Lipinski definition) is 3. The maximum Gasteiger partial charge on any atom is 0.0690 e. The van der Waals surface area contributed by atoms with Crippen LogP contribution in [0, 0.1) is 59.2 Å². The Morgan fingerprint density at radius 3 is 1.00 bits per heavy atom. The van der Waals surface area contributed by atoms with E-state index in [1.807, 2.05) is 0 Å². The minimum Gasteiger partial charge on any atom is -0.378 e. The van der Waals surface area contributed by atoms with Gasteiger partial charge in [0.1, 0.15) is 0 Å². The summed E-state index contributed by atoms with van der Waals surface area (Å²) in [5.41, 5.74) is 0.701. The molecule has 0 amide bonds. The molecule has 0 saturated heterocycles. The van der Waals surface area contributed by atoms with Crippen LogP contribution >= 0.6 is 0 Å². The largest absolute Gasteiger partial charge is 0.378 e. The van der Waals surface area contributed by atoms with Gasteiger partial charge in [0.2, 0.25) is 0 Å². The van der Waals surface area contributed by atoms with E-state index in [1.165, 1.54) is 103 Å². The minimum absolute atomic E-state index is 0.351. The number of hydrogen-bond donors (Lipinski definition) is 0. The van der Waals surface area contributed by atoms with Crippen LogP contribution in [0.25, 0.3) is 0 Å². The van der Waals surface area contributed by atoms with Gasteiger partial charge in [-0.25, -0.2) is 0 Å². The van der Waals surface area contributed by atoms with Gasteiger partial charge in [0, 0.05) is 19.8 Å². The van der Waals surface area contributed by atoms with Gasteiger partial charge >= 0.3 is 0 Å². The Morgan fingerprint density at radius 2 is 0.718 bits per heavy atom. The van der Waals surface area contributed by atoms with Gasteiger partial charge < -0.3 is 14.2 Å². The highest BCUT2D eigenvalue weighted by atomic mass is 16.5. The van der Waals surface area contributed by atoms with E-state index >= 15 is 0 Å². The molecule has 0 aromatic rings. The fourth-order valence-corrected chi connectivity index (χ4v) is 13.4. The molecule has 0 aromatic heterocycles. The van der Waals surface area contributed by atoms with E-state index in [-0.39, 0.29) is 0 Å². The lowest BCUT2D eigenvalue weighted by atomic mass is 9.54. The molecule has 0 aromatic carbocycles. The summed E-state index contributed by atoms with van der Waals surface area (Å²) in [6.45, 7) is 9.22. The molecule has 0 N–H and O–H groups in total. The summed E-state index contributed by atoms with van der Waals surface area (Å²) in [7, 11) is 0. The van der Waals surface area contributed by atoms with Crippen LogP contribution in [-0.2, 0) is 14.2 Å². The summed E-state index contributed by atoms with van der Waals surface area (Å²) in [5.74, 6) is 10.2. The summed E-state index contributed by atoms with van der Waals surface area (Å²) in [4.78, 5) is 0. The topological polar surface area (TPSA) is 27.7 Å². The van der Waals surface area contributed by atoms with Crippen molar-refractivity contribution in [3.05, 3.63) is 0 Å². The Bertz CT molecular complexity index is 689. The fourth-order valence-electron chi connectivity index (χ4n) is 13.4. The molecular formula is C36H60O3. The van der Waals surface area contributed by atoms with Crippen LogP contribution in [0.15, 0.2) is 0 Å². The molecular weight excluding hydrogens is 480 g/mol. The Labute approximate surface area is 240 Å². The summed E-state index contributed by atoms with van der Waals surface area (Å²) < 4.78 is 18.0. The zero-order valence-corrected chi connectivity index (χ0v) is 25.7. The van der Waals surface area contributed by atoms with Crippen LogP contribution in [0.2, 0.25) is 0 Å². The average Bonchev–Trinajstić information content (AvgIpc) is 2.85. The third-order valence-electron chi connectivity index (χ3n) is 13.4. The van der Waals surface area contributed by atoms with Gasteiger partial charge in [-0.3, -0.25) is 0 Å². The molecule has 12 bridgehead atoms. The summed E-state index contributed by atoms with van der Waals surface area (Å²) in [6, 6.07) is 0. The summed E-state index contributed by atoms with van der Waals surface area (Å²) in [5, 5.41) is 0. The molecule has 12 rings (SSSR count). The highest BCUT2D eigenvalue weighted by Crippen LogP contribution is 2.58. The molecule has 12 saturated carbocycles. The second-order valence-electron chi connectivity index (χ2n) is 16.4. The summed E-state index contributed by atoms with van der Waals surface area (Å²) >= 11 is 0. The van der Waals surface area contributed by atoms with Crippen molar-refractivity contribution in [2.24, 2.45) is 59.2 Å². The van der Waals surface area contributed by atoms with E-state index in [1.54, 1.807) is 6.42 Å². The Morgan fingerprint density at radius 1 is 0.410 bits per heavy atom. The predicted octanol–water partition coefficient (Wildman–Crippen LogP) is 8.83. The molecule has 0 aliphatic heterocycles. The van der Waals surface area contributed by atoms with E-state index in [9.17, 15) is 0 Å². The van der Waals surface area contributed by atoms with Crippen molar-refractivity contribution >= 4 is 0 Å². The van der Waals surface area contributed by atoms with Crippen LogP contribution in [0.1, 0.15) is 130 Å². The highest BCUT2D eigenvalue weighted by molar-refractivity contribution is 5.04. The van der Waals surface area contributed by atoms with Crippen molar-refractivity contribution in [2.75, 3.05) is 19.8 Å². The lowest BCUT2D eigenvalue weighted by Crippen LogP contribution is -2.51. The number of ether oxygens (including phenoxy) is 3. The van der Waals surface area contributed by atoms with E-state index in [2.05, 4.69) is 20.8 Å². The molecule has 0 heterocycles. The van der Waals surface area contributed by atoms with Crippen molar-refractivity contribution in [2.45, 2.75) is 147 Å². The van der Waals surface area contributed by atoms with E-state index in [0.29, 0.717) is 17.3 Å². The zero-order chi connectivity index (χ0) is 26.6. The minimum atomic E-state index is 0.351. The second kappa shape index (κ2) is 11.2. The molecule has 12 aliphatic rings. The van der Waals surface area contributed by atoms with Gasteiger partial charge in [-0.1, -0.05) is 0 Å². The van der Waals surface area contributed by atoms with Crippen molar-refractivity contribution in [3.63, 3.8) is 0 Å². The molecule has 0 atom stereocenters. The van der Waals surface area contributed by atoms with Gasteiger partial charge in [0.15, 0.2) is 0 Å². The van der Waals surface area contributed by atoms with E-state index < -0.39 is 0 Å². The molecule has 0 spiro atoms. The Hall–Kier alpha value is -0.120. The third kappa shape index (κ3) is 5.65. The van der Waals surface area contributed by atoms with Crippen molar-refractivity contribution in [3.8, 4) is 0 Å². The van der Waals surface area contributed by atoms with Crippen molar-refractivity contribution in [1.29, 1.82) is 0 Å². The number of rotatable bonds is 6.